The molecule has 6 nitrogen and oxygen atoms in total. The lowest BCUT2D eigenvalue weighted by Gasteiger charge is -2.08. The highest BCUT2D eigenvalue weighted by Gasteiger charge is 2.15. The van der Waals surface area contributed by atoms with Crippen LogP contribution in [-0.4, -0.2) is 30.9 Å². The Kier molecular flexibility index (Phi) is 6.77. The normalized spacial score (nSPS) is 11.6. The van der Waals surface area contributed by atoms with E-state index in [0.29, 0.717) is 28.4 Å². The Hall–Kier alpha value is -3.16. The number of hydrogen-bond acceptors (Lipinski definition) is 4. The van der Waals surface area contributed by atoms with Gasteiger partial charge in [0, 0.05) is 28.9 Å². The van der Waals surface area contributed by atoms with Crippen molar-refractivity contribution in [2.45, 2.75) is 13.5 Å². The molecule has 3 aromatic rings. The third-order valence-electron chi connectivity index (χ3n) is 4.51. The molecule has 0 radical (unpaired) electrons. The number of hydrogen-bond donors (Lipinski definition) is 1. The number of nitrogens with zero attached hydrogens (tertiary/aromatic N) is 1. The smallest absolute Gasteiger partial charge is 0.265 e. The molecule has 0 saturated carbocycles. The van der Waals surface area contributed by atoms with Crippen LogP contribution in [0.25, 0.3) is 6.08 Å². The van der Waals surface area contributed by atoms with E-state index in [1.807, 2.05) is 23.8 Å². The summed E-state index contributed by atoms with van der Waals surface area (Å²) >= 11 is 5.98. The minimum Gasteiger partial charge on any atom is -0.341 e. The van der Waals surface area contributed by atoms with Crippen molar-refractivity contribution in [3.63, 3.8) is 0 Å². The lowest BCUT2D eigenvalue weighted by Crippen LogP contribution is -2.29. The Labute approximate surface area is 186 Å². The second-order valence-corrected chi connectivity index (χ2v) is 9.26. The number of aromatic nitrogens is 1. The average molecular weight is 457 g/mol. The summed E-state index contributed by atoms with van der Waals surface area (Å²) in [4.78, 5) is 25.1. The Morgan fingerprint density at radius 1 is 1.10 bits per heavy atom. The van der Waals surface area contributed by atoms with Crippen LogP contribution < -0.4 is 4.72 Å². The van der Waals surface area contributed by atoms with Gasteiger partial charge in [-0.05, 0) is 36.8 Å². The van der Waals surface area contributed by atoms with Gasteiger partial charge in [-0.2, -0.15) is 0 Å². The van der Waals surface area contributed by atoms with Crippen molar-refractivity contribution in [1.82, 2.24) is 9.29 Å². The molecule has 0 aliphatic rings. The van der Waals surface area contributed by atoms with E-state index in [4.69, 9.17) is 11.6 Å². The van der Waals surface area contributed by atoms with Crippen LogP contribution in [0.2, 0.25) is 5.02 Å². The number of amides is 1. The van der Waals surface area contributed by atoms with E-state index in [0.717, 1.165) is 11.8 Å². The molecule has 0 aliphatic heterocycles. The Bertz CT molecular complexity index is 1260. The van der Waals surface area contributed by atoms with Crippen LogP contribution >= 0.6 is 11.6 Å². The van der Waals surface area contributed by atoms with Crippen molar-refractivity contribution >= 4 is 39.4 Å². The molecule has 0 spiro atoms. The first-order valence-corrected chi connectivity index (χ1v) is 11.7. The second kappa shape index (κ2) is 9.32. The molecule has 2 aromatic carbocycles. The molecule has 1 heterocycles. The molecule has 8 heteroatoms. The predicted molar refractivity (Wildman–Crippen MR) is 122 cm³/mol. The molecule has 0 saturated heterocycles. The lowest BCUT2D eigenvalue weighted by atomic mass is 10.1. The molecule has 1 aromatic heterocycles. The van der Waals surface area contributed by atoms with E-state index in [-0.39, 0.29) is 11.3 Å². The summed E-state index contributed by atoms with van der Waals surface area (Å²) in [6.45, 7) is 2.35. The summed E-state index contributed by atoms with van der Waals surface area (Å²) in [5.41, 5.74) is 2.86. The van der Waals surface area contributed by atoms with Gasteiger partial charge in [-0.25, -0.2) is 13.1 Å². The Balaban J connectivity index is 1.81. The number of aryl methyl sites for hydroxylation is 1. The number of carbonyl (C=O) groups is 2. The van der Waals surface area contributed by atoms with E-state index in [1.165, 1.54) is 6.07 Å². The van der Waals surface area contributed by atoms with Crippen LogP contribution in [0.5, 0.6) is 0 Å². The summed E-state index contributed by atoms with van der Waals surface area (Å²) < 4.78 is 26.5. The maximum Gasteiger partial charge on any atom is 0.265 e. The number of benzene rings is 2. The Morgan fingerprint density at radius 2 is 1.81 bits per heavy atom. The summed E-state index contributed by atoms with van der Waals surface area (Å²) in [6.07, 6.45) is 6.18. The van der Waals surface area contributed by atoms with Gasteiger partial charge in [-0.15, -0.1) is 0 Å². The molecule has 3 rings (SSSR count). The molecule has 0 unspecified atom stereocenters. The van der Waals surface area contributed by atoms with Crippen LogP contribution in [0.3, 0.4) is 0 Å². The zero-order valence-electron chi connectivity index (χ0n) is 17.0. The van der Waals surface area contributed by atoms with Gasteiger partial charge in [0.1, 0.15) is 0 Å². The summed E-state index contributed by atoms with van der Waals surface area (Å²) in [5.74, 6) is -0.848. The summed E-state index contributed by atoms with van der Waals surface area (Å²) in [5, 5.41) is 0.312. The average Bonchev–Trinajstić information content (AvgIpc) is 3.16. The van der Waals surface area contributed by atoms with Crippen LogP contribution in [0, 0.1) is 6.92 Å². The van der Waals surface area contributed by atoms with E-state index < -0.39 is 15.9 Å². The number of ketones is 1. The molecular formula is C23H21ClN2O4S. The zero-order valence-corrected chi connectivity index (χ0v) is 18.6. The number of allylic oxidation sites excluding steroid dienone is 1. The SMILES string of the molecule is Cc1ccc(C(=O)c2cccn2C/C=C/c2ccc(Cl)cc2C(=O)NS(C)(=O)=O)cc1. The molecule has 1 N–H and O–H groups in total. The molecule has 0 bridgehead atoms. The first-order chi connectivity index (χ1) is 14.6. The van der Waals surface area contributed by atoms with Gasteiger partial charge in [0.25, 0.3) is 5.91 Å². The van der Waals surface area contributed by atoms with Crippen molar-refractivity contribution in [2.24, 2.45) is 0 Å². The fraction of sp³-hybridized carbons (Fsp3) is 0.130. The maximum atomic E-state index is 12.8. The van der Waals surface area contributed by atoms with Gasteiger partial charge in [-0.3, -0.25) is 9.59 Å². The first-order valence-electron chi connectivity index (χ1n) is 9.39. The van der Waals surface area contributed by atoms with Gasteiger partial charge >= 0.3 is 0 Å². The maximum absolute atomic E-state index is 12.8. The minimum absolute atomic E-state index is 0.0851. The van der Waals surface area contributed by atoms with Gasteiger partial charge in [-0.1, -0.05) is 59.6 Å². The van der Waals surface area contributed by atoms with Gasteiger partial charge in [0.2, 0.25) is 15.8 Å². The highest BCUT2D eigenvalue weighted by Crippen LogP contribution is 2.18. The largest absolute Gasteiger partial charge is 0.341 e. The van der Waals surface area contributed by atoms with E-state index in [1.54, 1.807) is 59.3 Å². The van der Waals surface area contributed by atoms with Crippen LogP contribution in [0.15, 0.2) is 66.9 Å². The van der Waals surface area contributed by atoms with Gasteiger partial charge in [0.15, 0.2) is 0 Å². The number of sulfonamides is 1. The second-order valence-electron chi connectivity index (χ2n) is 7.08. The highest BCUT2D eigenvalue weighted by molar-refractivity contribution is 7.89. The van der Waals surface area contributed by atoms with Crippen molar-refractivity contribution in [3.05, 3.63) is 99.8 Å². The van der Waals surface area contributed by atoms with E-state index >= 15 is 0 Å². The summed E-state index contributed by atoms with van der Waals surface area (Å²) in [6, 6.07) is 15.6. The first kappa shape index (κ1) is 22.5. The lowest BCUT2D eigenvalue weighted by molar-refractivity contribution is 0.0980. The molecule has 1 amide bonds. The van der Waals surface area contributed by atoms with Crippen molar-refractivity contribution in [1.29, 1.82) is 0 Å². The topological polar surface area (TPSA) is 85.2 Å². The zero-order chi connectivity index (χ0) is 22.6. The molecule has 31 heavy (non-hydrogen) atoms. The van der Waals surface area contributed by atoms with E-state index in [9.17, 15) is 18.0 Å². The third-order valence-corrected chi connectivity index (χ3v) is 5.30. The van der Waals surface area contributed by atoms with Crippen molar-refractivity contribution in [2.75, 3.05) is 6.26 Å². The predicted octanol–water partition coefficient (Wildman–Crippen LogP) is 4.08. The fourth-order valence-corrected chi connectivity index (χ4v) is 3.64. The van der Waals surface area contributed by atoms with Crippen molar-refractivity contribution in [3.8, 4) is 0 Å². The number of carbonyl (C=O) groups excluding carboxylic acids is 2. The van der Waals surface area contributed by atoms with Gasteiger partial charge in [0.05, 0.1) is 11.9 Å². The van der Waals surface area contributed by atoms with Crippen LogP contribution in [0.1, 0.15) is 37.5 Å². The number of nitrogens with one attached hydrogen (secondary N) is 1. The van der Waals surface area contributed by atoms with Gasteiger partial charge < -0.3 is 4.57 Å². The van der Waals surface area contributed by atoms with Crippen molar-refractivity contribution < 1.29 is 18.0 Å². The molecule has 0 fully saturated rings. The molecule has 160 valence electrons. The van der Waals surface area contributed by atoms with E-state index in [2.05, 4.69) is 0 Å². The standard InChI is InChI=1S/C23H21ClN2O4S/c1-16-7-9-18(10-8-16)22(27)21-6-4-14-26(21)13-3-5-17-11-12-19(24)15-20(17)23(28)25-31(2,29)30/h3-12,14-15H,13H2,1-2H3,(H,25,28)/b5-3+. The Morgan fingerprint density at radius 3 is 2.48 bits per heavy atom. The van der Waals surface area contributed by atoms with Crippen LogP contribution in [-0.2, 0) is 16.6 Å². The molecular weight excluding hydrogens is 436 g/mol. The monoisotopic (exact) mass is 456 g/mol. The number of rotatable bonds is 7. The quantitative estimate of drug-likeness (QED) is 0.543. The molecule has 0 aliphatic carbocycles. The molecule has 0 atom stereocenters. The number of halogens is 1. The summed E-state index contributed by atoms with van der Waals surface area (Å²) in [7, 11) is -3.71. The fourth-order valence-electron chi connectivity index (χ4n) is 3.02. The third kappa shape index (κ3) is 5.93. The highest BCUT2D eigenvalue weighted by atomic mass is 35.5. The van der Waals surface area contributed by atoms with Crippen LogP contribution in [0.4, 0.5) is 0 Å². The minimum atomic E-state index is -3.71.